The largest absolute Gasteiger partial charge is 0.497 e. The highest BCUT2D eigenvalue weighted by Gasteiger charge is 2.19. The summed E-state index contributed by atoms with van der Waals surface area (Å²) in [6, 6.07) is 14.1. The lowest BCUT2D eigenvalue weighted by atomic mass is 10.0. The minimum Gasteiger partial charge on any atom is -0.497 e. The number of amides is 1. The summed E-state index contributed by atoms with van der Waals surface area (Å²) in [5, 5.41) is 3.11. The monoisotopic (exact) mass is 544 g/mol. The summed E-state index contributed by atoms with van der Waals surface area (Å²) in [6.45, 7) is 13.8. The first-order chi connectivity index (χ1) is 19.0. The van der Waals surface area contributed by atoms with Gasteiger partial charge in [0.15, 0.2) is 0 Å². The van der Waals surface area contributed by atoms with Crippen molar-refractivity contribution in [3.8, 4) is 5.75 Å². The average molecular weight is 545 g/mol. The number of methoxy groups -OCH3 is 1. The molecule has 1 saturated heterocycles. The maximum atomic E-state index is 13.0. The van der Waals surface area contributed by atoms with Gasteiger partial charge in [-0.15, -0.1) is 0 Å². The van der Waals surface area contributed by atoms with E-state index in [0.717, 1.165) is 79.6 Å². The maximum Gasteiger partial charge on any atom is 0.251 e. The van der Waals surface area contributed by atoms with E-state index in [1.807, 2.05) is 36.4 Å². The van der Waals surface area contributed by atoms with E-state index in [2.05, 4.69) is 53.8 Å². The molecule has 4 rings (SSSR count). The van der Waals surface area contributed by atoms with Crippen LogP contribution >= 0.6 is 11.8 Å². The number of nitrogens with one attached hydrogen (secondary N) is 1. The van der Waals surface area contributed by atoms with Gasteiger partial charge in [-0.25, -0.2) is 0 Å². The molecule has 0 bridgehead atoms. The Hall–Kier alpha value is -3.29. The number of piperazine rings is 1. The molecule has 2 aromatic carbocycles. The number of carbonyl (C=O) groups is 1. The molecule has 0 radical (unpaired) electrons. The van der Waals surface area contributed by atoms with Gasteiger partial charge in [-0.3, -0.25) is 14.7 Å². The highest BCUT2D eigenvalue weighted by Crippen LogP contribution is 2.40. The Bertz CT molecular complexity index is 1240. The molecule has 1 fully saturated rings. The maximum absolute atomic E-state index is 13.0. The predicted octanol–water partition coefficient (Wildman–Crippen LogP) is 6.63. The number of carbonyl (C=O) groups excluding carboxylic acids is 1. The number of hydrogen-bond donors (Lipinski definition) is 1. The second-order valence-electron chi connectivity index (χ2n) is 9.79. The van der Waals surface area contributed by atoms with Gasteiger partial charge in [0.25, 0.3) is 5.91 Å². The zero-order valence-corrected chi connectivity index (χ0v) is 24.2. The predicted molar refractivity (Wildman–Crippen MR) is 165 cm³/mol. The van der Waals surface area contributed by atoms with Crippen LogP contribution in [-0.4, -0.2) is 62.9 Å². The van der Waals surface area contributed by atoms with Crippen molar-refractivity contribution in [2.75, 3.05) is 51.3 Å². The van der Waals surface area contributed by atoms with Gasteiger partial charge in [-0.05, 0) is 73.7 Å². The molecule has 2 aromatic rings. The van der Waals surface area contributed by atoms with Crippen molar-refractivity contribution in [2.24, 2.45) is 4.99 Å². The fourth-order valence-corrected chi connectivity index (χ4v) is 5.87. The van der Waals surface area contributed by atoms with Crippen LogP contribution in [0.4, 0.5) is 11.4 Å². The van der Waals surface area contributed by atoms with Crippen molar-refractivity contribution in [3.63, 3.8) is 0 Å². The molecule has 2 aliphatic heterocycles. The fraction of sp³-hybridized carbons (Fsp3) is 0.375. The van der Waals surface area contributed by atoms with Gasteiger partial charge in [0.05, 0.1) is 12.8 Å². The minimum absolute atomic E-state index is 0.0416. The Morgan fingerprint density at radius 1 is 1.15 bits per heavy atom. The molecule has 2 aliphatic rings. The fourth-order valence-electron chi connectivity index (χ4n) is 4.90. The molecule has 1 amide bonds. The van der Waals surface area contributed by atoms with E-state index in [0.29, 0.717) is 12.1 Å². The van der Waals surface area contributed by atoms with Crippen LogP contribution < -0.4 is 15.0 Å². The van der Waals surface area contributed by atoms with Crippen LogP contribution in [0.2, 0.25) is 0 Å². The van der Waals surface area contributed by atoms with Gasteiger partial charge in [0.1, 0.15) is 5.75 Å². The average Bonchev–Trinajstić information content (AvgIpc) is 3.09. The summed E-state index contributed by atoms with van der Waals surface area (Å²) in [4.78, 5) is 25.1. The molecular formula is C32H40N4O2S. The number of anilines is 1. The Balaban J connectivity index is 1.28. The molecule has 0 aromatic heterocycles. The van der Waals surface area contributed by atoms with Crippen molar-refractivity contribution in [1.82, 2.24) is 10.2 Å². The van der Waals surface area contributed by atoms with Gasteiger partial charge in [-0.2, -0.15) is 0 Å². The van der Waals surface area contributed by atoms with Gasteiger partial charge in [-0.1, -0.05) is 49.9 Å². The molecule has 39 heavy (non-hydrogen) atoms. The Morgan fingerprint density at radius 2 is 1.92 bits per heavy atom. The highest BCUT2D eigenvalue weighted by atomic mass is 32.2. The number of allylic oxidation sites excluding steroid dienone is 5. The van der Waals surface area contributed by atoms with Gasteiger partial charge >= 0.3 is 0 Å². The topological polar surface area (TPSA) is 57.2 Å². The van der Waals surface area contributed by atoms with Crippen LogP contribution in [-0.2, 0) is 0 Å². The van der Waals surface area contributed by atoms with Crippen molar-refractivity contribution >= 4 is 34.8 Å². The number of benzene rings is 2. The van der Waals surface area contributed by atoms with Crippen molar-refractivity contribution in [1.29, 1.82) is 0 Å². The van der Waals surface area contributed by atoms with Gasteiger partial charge in [0.2, 0.25) is 0 Å². The first kappa shape index (κ1) is 28.7. The third-order valence-electron chi connectivity index (χ3n) is 7.06. The zero-order chi connectivity index (χ0) is 27.6. The van der Waals surface area contributed by atoms with Crippen LogP contribution in [0.25, 0.3) is 0 Å². The number of nitrogens with zero attached hydrogens (tertiary/aromatic N) is 3. The van der Waals surface area contributed by atoms with Crippen LogP contribution in [0.3, 0.4) is 0 Å². The smallest absolute Gasteiger partial charge is 0.251 e. The van der Waals surface area contributed by atoms with Crippen LogP contribution in [0, 0.1) is 0 Å². The number of hydrogen-bond acceptors (Lipinski definition) is 6. The van der Waals surface area contributed by atoms with Gasteiger partial charge in [0, 0.05) is 60.2 Å². The summed E-state index contributed by atoms with van der Waals surface area (Å²) < 4.78 is 5.27. The SMILES string of the molecule is C=C/C=C\C1=C(C)Sc2ccc(C(=O)NCCCN3CCN(c4ccc(OC)cc4)CC3)cc2N=C1CCC. The molecule has 0 spiro atoms. The third-order valence-corrected chi connectivity index (χ3v) is 8.15. The van der Waals surface area contributed by atoms with Gasteiger partial charge < -0.3 is 15.0 Å². The number of rotatable bonds is 11. The van der Waals surface area contributed by atoms with Crippen LogP contribution in [0.15, 0.2) is 87.6 Å². The molecule has 1 N–H and O–H groups in total. The molecule has 2 heterocycles. The molecule has 6 nitrogen and oxygen atoms in total. The summed E-state index contributed by atoms with van der Waals surface area (Å²) in [6.07, 6.45) is 8.66. The molecule has 0 aliphatic carbocycles. The Kier molecular flexibility index (Phi) is 10.5. The molecule has 0 saturated carbocycles. The first-order valence-corrected chi connectivity index (χ1v) is 14.6. The Labute approximate surface area is 237 Å². The summed E-state index contributed by atoms with van der Waals surface area (Å²) in [7, 11) is 1.69. The lowest BCUT2D eigenvalue weighted by Gasteiger charge is -2.36. The molecule has 0 atom stereocenters. The number of fused-ring (bicyclic) bond motifs is 1. The second kappa shape index (κ2) is 14.2. The van der Waals surface area contributed by atoms with Crippen LogP contribution in [0.1, 0.15) is 43.5 Å². The summed E-state index contributed by atoms with van der Waals surface area (Å²) >= 11 is 1.71. The minimum atomic E-state index is -0.0416. The van der Waals surface area contributed by atoms with E-state index in [4.69, 9.17) is 9.73 Å². The molecule has 206 valence electrons. The first-order valence-electron chi connectivity index (χ1n) is 13.8. The molecule has 0 unspecified atom stereocenters. The highest BCUT2D eigenvalue weighted by molar-refractivity contribution is 8.03. The van der Waals surface area contributed by atoms with Crippen molar-refractivity contribution in [3.05, 3.63) is 83.3 Å². The molecule has 7 heteroatoms. The quantitative estimate of drug-likeness (QED) is 0.254. The van der Waals surface area contributed by atoms with E-state index < -0.39 is 0 Å². The van der Waals surface area contributed by atoms with E-state index in [1.54, 1.807) is 24.9 Å². The molecular weight excluding hydrogens is 504 g/mol. The van der Waals surface area contributed by atoms with Crippen molar-refractivity contribution in [2.45, 2.75) is 38.0 Å². The summed E-state index contributed by atoms with van der Waals surface area (Å²) in [5.74, 6) is 0.844. The van der Waals surface area contributed by atoms with Crippen LogP contribution in [0.5, 0.6) is 5.75 Å². The lowest BCUT2D eigenvalue weighted by Crippen LogP contribution is -2.47. The lowest BCUT2D eigenvalue weighted by molar-refractivity contribution is 0.0951. The van der Waals surface area contributed by atoms with E-state index in [1.165, 1.54) is 10.6 Å². The van der Waals surface area contributed by atoms with E-state index in [-0.39, 0.29) is 5.91 Å². The standard InChI is InChI=1S/C32H40N4O2S/c1-5-7-10-28-24(3)39-31-16-11-25(23-30(31)34-29(28)9-6-2)32(37)33-17-8-18-35-19-21-36(22-20-35)26-12-14-27(38-4)15-13-26/h5,7,10-16,23H,1,6,8-9,17-22H2,2-4H3,(H,33,37)/b10-7-. The van der Waals surface area contributed by atoms with E-state index >= 15 is 0 Å². The number of thioether (sulfide) groups is 1. The number of ether oxygens (including phenoxy) is 1. The summed E-state index contributed by atoms with van der Waals surface area (Å²) in [5.41, 5.74) is 4.97. The van der Waals surface area contributed by atoms with Crippen molar-refractivity contribution < 1.29 is 9.53 Å². The number of aliphatic imine (C=N–C) groups is 1. The zero-order valence-electron chi connectivity index (χ0n) is 23.4. The third kappa shape index (κ3) is 7.64. The van der Waals surface area contributed by atoms with E-state index in [9.17, 15) is 4.79 Å². The Morgan fingerprint density at radius 3 is 2.62 bits per heavy atom. The normalized spacial score (nSPS) is 16.1. The second-order valence-corrected chi connectivity index (χ2v) is 11.1.